The molecule has 0 radical (unpaired) electrons. The molecule has 0 saturated heterocycles. The molecule has 8 heteroatoms. The van der Waals surface area contributed by atoms with Crippen LogP contribution in [0.1, 0.15) is 16.1 Å². The van der Waals surface area contributed by atoms with Crippen LogP contribution in [0.4, 0.5) is 9.18 Å². The quantitative estimate of drug-likeness (QED) is 0.872. The van der Waals surface area contributed by atoms with E-state index in [1.54, 1.807) is 10.7 Å². The first kappa shape index (κ1) is 14.1. The molecule has 1 aliphatic rings. The highest BCUT2D eigenvalue weighted by molar-refractivity contribution is 6.00. The topological polar surface area (TPSA) is 101 Å². The molecule has 2 aromatic rings. The number of halogens is 1. The molecule has 1 aromatic heterocycles. The molecular formula is C14H13FN4O3. The number of nitrogens with zero attached hydrogens (tertiary/aromatic N) is 3. The Kier molecular flexibility index (Phi) is 3.28. The first-order valence-electron chi connectivity index (χ1n) is 6.60. The number of carboxylic acid groups (broad SMARTS) is 1. The van der Waals surface area contributed by atoms with Gasteiger partial charge in [-0.15, -0.1) is 0 Å². The van der Waals surface area contributed by atoms with Crippen molar-refractivity contribution in [2.75, 3.05) is 6.54 Å². The fourth-order valence-corrected chi connectivity index (χ4v) is 2.58. The van der Waals surface area contributed by atoms with Gasteiger partial charge in [0.1, 0.15) is 11.5 Å². The van der Waals surface area contributed by atoms with E-state index in [1.165, 1.54) is 23.1 Å². The predicted molar refractivity (Wildman–Crippen MR) is 74.6 cm³/mol. The van der Waals surface area contributed by atoms with E-state index in [4.69, 9.17) is 10.8 Å². The highest BCUT2D eigenvalue weighted by Crippen LogP contribution is 2.28. The number of benzene rings is 1. The Morgan fingerprint density at radius 1 is 1.32 bits per heavy atom. The van der Waals surface area contributed by atoms with Crippen molar-refractivity contribution in [3.63, 3.8) is 0 Å². The largest absolute Gasteiger partial charge is 0.465 e. The second-order valence-corrected chi connectivity index (χ2v) is 4.97. The van der Waals surface area contributed by atoms with E-state index < -0.39 is 17.8 Å². The van der Waals surface area contributed by atoms with Crippen LogP contribution in [-0.4, -0.2) is 38.3 Å². The number of hydrogen-bond donors (Lipinski definition) is 2. The first-order chi connectivity index (χ1) is 10.5. The Hall–Kier alpha value is -2.90. The average Bonchev–Trinajstić information content (AvgIpc) is 2.85. The van der Waals surface area contributed by atoms with Crippen molar-refractivity contribution in [2.24, 2.45) is 5.73 Å². The number of aromatic nitrogens is 2. The number of amides is 2. The number of nitrogens with two attached hydrogens (primary N) is 1. The van der Waals surface area contributed by atoms with Crippen molar-refractivity contribution >= 4 is 12.0 Å². The summed E-state index contributed by atoms with van der Waals surface area (Å²) >= 11 is 0. The third kappa shape index (κ3) is 2.28. The first-order valence-corrected chi connectivity index (χ1v) is 6.60. The van der Waals surface area contributed by atoms with Crippen LogP contribution in [0, 0.1) is 5.82 Å². The fraction of sp³-hybridized carbons (Fsp3) is 0.214. The SMILES string of the molecule is NC(=O)c1c(-c2cccc(F)c2)nn2c1CN(C(=O)O)CC2. The maximum absolute atomic E-state index is 13.4. The summed E-state index contributed by atoms with van der Waals surface area (Å²) in [5.41, 5.74) is 6.70. The Balaban J connectivity index is 2.14. The lowest BCUT2D eigenvalue weighted by atomic mass is 10.0. The molecule has 2 amide bonds. The van der Waals surface area contributed by atoms with Crippen LogP contribution in [0.3, 0.4) is 0 Å². The van der Waals surface area contributed by atoms with E-state index in [2.05, 4.69) is 5.10 Å². The van der Waals surface area contributed by atoms with Gasteiger partial charge >= 0.3 is 6.09 Å². The van der Waals surface area contributed by atoms with Crippen LogP contribution in [0.25, 0.3) is 11.3 Å². The number of hydrogen-bond acceptors (Lipinski definition) is 3. The zero-order valence-electron chi connectivity index (χ0n) is 11.5. The molecule has 0 aliphatic carbocycles. The van der Waals surface area contributed by atoms with Crippen LogP contribution < -0.4 is 5.73 Å². The van der Waals surface area contributed by atoms with Crippen molar-refractivity contribution in [1.82, 2.24) is 14.7 Å². The van der Waals surface area contributed by atoms with Gasteiger partial charge in [-0.2, -0.15) is 5.10 Å². The summed E-state index contributed by atoms with van der Waals surface area (Å²) < 4.78 is 15.0. The number of carbonyl (C=O) groups is 2. The maximum atomic E-state index is 13.4. The Morgan fingerprint density at radius 2 is 2.09 bits per heavy atom. The normalized spacial score (nSPS) is 13.8. The van der Waals surface area contributed by atoms with Gasteiger partial charge in [0.15, 0.2) is 0 Å². The third-order valence-corrected chi connectivity index (χ3v) is 3.59. The molecule has 1 aromatic carbocycles. The minimum atomic E-state index is -1.07. The molecule has 3 rings (SSSR count). The monoisotopic (exact) mass is 304 g/mol. The summed E-state index contributed by atoms with van der Waals surface area (Å²) in [5, 5.41) is 13.4. The minimum absolute atomic E-state index is 0.0237. The molecule has 0 spiro atoms. The van der Waals surface area contributed by atoms with Crippen LogP contribution >= 0.6 is 0 Å². The van der Waals surface area contributed by atoms with Crippen molar-refractivity contribution in [2.45, 2.75) is 13.1 Å². The van der Waals surface area contributed by atoms with Gasteiger partial charge in [0, 0.05) is 12.1 Å². The summed E-state index contributed by atoms with van der Waals surface area (Å²) in [5.74, 6) is -1.17. The molecule has 114 valence electrons. The second kappa shape index (κ2) is 5.14. The summed E-state index contributed by atoms with van der Waals surface area (Å²) in [6.45, 7) is 0.609. The van der Waals surface area contributed by atoms with Gasteiger partial charge in [-0.25, -0.2) is 9.18 Å². The number of fused-ring (bicyclic) bond motifs is 1. The zero-order chi connectivity index (χ0) is 15.9. The standard InChI is InChI=1S/C14H13FN4O3/c15-9-3-1-2-8(6-9)12-11(13(16)20)10-7-18(14(21)22)4-5-19(10)17-12/h1-3,6H,4-5,7H2,(H2,16,20)(H,21,22). The van der Waals surface area contributed by atoms with Crippen LogP contribution in [-0.2, 0) is 13.1 Å². The predicted octanol–water partition coefficient (Wildman–Crippen LogP) is 1.28. The van der Waals surface area contributed by atoms with Gasteiger partial charge in [-0.05, 0) is 12.1 Å². The van der Waals surface area contributed by atoms with Crippen molar-refractivity contribution < 1.29 is 19.1 Å². The number of primary amides is 1. The lowest BCUT2D eigenvalue weighted by Crippen LogP contribution is -2.38. The molecule has 0 bridgehead atoms. The fourth-order valence-electron chi connectivity index (χ4n) is 2.58. The lowest BCUT2D eigenvalue weighted by molar-refractivity contribution is 0.0993. The van der Waals surface area contributed by atoms with Gasteiger partial charge in [-0.1, -0.05) is 12.1 Å². The Labute approximate surface area is 124 Å². The van der Waals surface area contributed by atoms with Crippen molar-refractivity contribution in [1.29, 1.82) is 0 Å². The Bertz CT molecular complexity index is 771. The van der Waals surface area contributed by atoms with Crippen LogP contribution in [0.5, 0.6) is 0 Å². The average molecular weight is 304 g/mol. The molecule has 3 N–H and O–H groups in total. The van der Waals surface area contributed by atoms with Crippen LogP contribution in [0.15, 0.2) is 24.3 Å². The summed E-state index contributed by atoms with van der Waals surface area (Å²) in [6.07, 6.45) is -1.07. The maximum Gasteiger partial charge on any atom is 0.407 e. The zero-order valence-corrected chi connectivity index (χ0v) is 11.5. The summed E-state index contributed by atoms with van der Waals surface area (Å²) in [4.78, 5) is 24.1. The van der Waals surface area contributed by atoms with E-state index in [-0.39, 0.29) is 24.3 Å². The van der Waals surface area contributed by atoms with Gasteiger partial charge in [0.25, 0.3) is 5.91 Å². The van der Waals surface area contributed by atoms with E-state index >= 15 is 0 Å². The van der Waals surface area contributed by atoms with Gasteiger partial charge in [0.2, 0.25) is 0 Å². The van der Waals surface area contributed by atoms with Crippen LogP contribution in [0.2, 0.25) is 0 Å². The number of rotatable bonds is 2. The second-order valence-electron chi connectivity index (χ2n) is 4.97. The molecule has 2 heterocycles. The minimum Gasteiger partial charge on any atom is -0.465 e. The van der Waals surface area contributed by atoms with E-state index in [1.807, 2.05) is 0 Å². The van der Waals surface area contributed by atoms with Crippen molar-refractivity contribution in [3.8, 4) is 11.3 Å². The van der Waals surface area contributed by atoms with E-state index in [0.717, 1.165) is 0 Å². The molecule has 7 nitrogen and oxygen atoms in total. The van der Waals surface area contributed by atoms with E-state index in [0.29, 0.717) is 17.8 Å². The van der Waals surface area contributed by atoms with Gasteiger partial charge in [0.05, 0.1) is 24.3 Å². The molecule has 0 unspecified atom stereocenters. The molecule has 0 atom stereocenters. The Morgan fingerprint density at radius 3 is 2.73 bits per heavy atom. The molecule has 1 aliphatic heterocycles. The summed E-state index contributed by atoms with van der Waals surface area (Å²) in [6, 6.07) is 5.68. The summed E-state index contributed by atoms with van der Waals surface area (Å²) in [7, 11) is 0. The number of carbonyl (C=O) groups excluding carboxylic acids is 1. The molecular weight excluding hydrogens is 291 g/mol. The third-order valence-electron chi connectivity index (χ3n) is 3.59. The van der Waals surface area contributed by atoms with Gasteiger partial charge < -0.3 is 15.7 Å². The lowest BCUT2D eigenvalue weighted by Gasteiger charge is -2.25. The highest BCUT2D eigenvalue weighted by Gasteiger charge is 2.29. The van der Waals surface area contributed by atoms with Crippen molar-refractivity contribution in [3.05, 3.63) is 41.3 Å². The van der Waals surface area contributed by atoms with E-state index in [9.17, 15) is 14.0 Å². The molecule has 0 fully saturated rings. The smallest absolute Gasteiger partial charge is 0.407 e. The van der Waals surface area contributed by atoms with Gasteiger partial charge in [-0.3, -0.25) is 9.48 Å². The highest BCUT2D eigenvalue weighted by atomic mass is 19.1. The molecule has 22 heavy (non-hydrogen) atoms. The molecule has 0 saturated carbocycles.